The predicted octanol–water partition coefficient (Wildman–Crippen LogP) is 2.67. The molecule has 0 amide bonds. The molecule has 2 aliphatic rings. The Hall–Kier alpha value is 0.0600. The van der Waals surface area contributed by atoms with E-state index in [4.69, 9.17) is 0 Å². The summed E-state index contributed by atoms with van der Waals surface area (Å²) in [5.74, 6) is 0. The van der Waals surface area contributed by atoms with Crippen molar-refractivity contribution in [2.24, 2.45) is 0 Å². The standard InChI is InChI=1S/C10H18O2P/c11-9-6-3-7-10(9)13(12)8-4-1-2-5-8/h8-11H,1-7H2/q+1. The van der Waals surface area contributed by atoms with Gasteiger partial charge in [0.25, 0.3) is 0 Å². The second-order valence-electron chi connectivity index (χ2n) is 4.36. The first kappa shape index (κ1) is 9.61. The molecule has 2 saturated carbocycles. The normalized spacial score (nSPS) is 36.8. The number of hydrogen-bond donors (Lipinski definition) is 1. The molecule has 3 atom stereocenters. The Morgan fingerprint density at radius 2 is 1.69 bits per heavy atom. The second kappa shape index (κ2) is 4.06. The van der Waals surface area contributed by atoms with Gasteiger partial charge in [0.15, 0.2) is 11.3 Å². The molecule has 2 rings (SSSR count). The number of aliphatic hydroxyl groups is 1. The van der Waals surface area contributed by atoms with Crippen LogP contribution in [0.2, 0.25) is 0 Å². The molecule has 13 heavy (non-hydrogen) atoms. The molecule has 2 nitrogen and oxygen atoms in total. The van der Waals surface area contributed by atoms with Gasteiger partial charge in [-0.2, -0.15) is 0 Å². The van der Waals surface area contributed by atoms with Crippen molar-refractivity contribution in [3.05, 3.63) is 0 Å². The molecular formula is C10H18O2P+. The fourth-order valence-corrected chi connectivity index (χ4v) is 4.99. The lowest BCUT2D eigenvalue weighted by Crippen LogP contribution is -2.18. The van der Waals surface area contributed by atoms with Crippen molar-refractivity contribution in [2.45, 2.75) is 62.4 Å². The molecule has 3 unspecified atom stereocenters. The zero-order valence-electron chi connectivity index (χ0n) is 7.98. The van der Waals surface area contributed by atoms with Gasteiger partial charge in [-0.1, -0.05) is 4.57 Å². The van der Waals surface area contributed by atoms with Crippen molar-refractivity contribution >= 4 is 7.80 Å². The summed E-state index contributed by atoms with van der Waals surface area (Å²) in [5, 5.41) is 9.64. The Morgan fingerprint density at radius 1 is 1.00 bits per heavy atom. The zero-order valence-corrected chi connectivity index (χ0v) is 8.88. The highest BCUT2D eigenvalue weighted by atomic mass is 31.1. The summed E-state index contributed by atoms with van der Waals surface area (Å²) in [5.41, 5.74) is 0.575. The van der Waals surface area contributed by atoms with Gasteiger partial charge in [0.05, 0.1) is 0 Å². The minimum Gasteiger partial charge on any atom is -0.388 e. The van der Waals surface area contributed by atoms with Gasteiger partial charge in [0, 0.05) is 0 Å². The molecule has 0 aromatic rings. The average molecular weight is 201 g/mol. The van der Waals surface area contributed by atoms with Crippen LogP contribution >= 0.6 is 7.80 Å². The maximum Gasteiger partial charge on any atom is 0.347 e. The Labute approximate surface area is 80.5 Å². The highest BCUT2D eigenvalue weighted by molar-refractivity contribution is 7.46. The first-order valence-corrected chi connectivity index (χ1v) is 6.82. The maximum atomic E-state index is 12.0. The highest BCUT2D eigenvalue weighted by Gasteiger charge is 2.46. The van der Waals surface area contributed by atoms with E-state index >= 15 is 0 Å². The molecule has 2 aliphatic carbocycles. The molecule has 0 aromatic carbocycles. The Bertz CT molecular complexity index is 199. The fraction of sp³-hybridized carbons (Fsp3) is 1.00. The van der Waals surface area contributed by atoms with Crippen molar-refractivity contribution in [1.82, 2.24) is 0 Å². The molecular weight excluding hydrogens is 183 g/mol. The first-order valence-electron chi connectivity index (χ1n) is 5.42. The van der Waals surface area contributed by atoms with Crippen molar-refractivity contribution in [1.29, 1.82) is 0 Å². The minimum atomic E-state index is -1.12. The van der Waals surface area contributed by atoms with Crippen LogP contribution in [0.4, 0.5) is 0 Å². The van der Waals surface area contributed by atoms with Crippen molar-refractivity contribution < 1.29 is 9.67 Å². The quantitative estimate of drug-likeness (QED) is 0.697. The molecule has 0 aromatic heterocycles. The van der Waals surface area contributed by atoms with Gasteiger partial charge >= 0.3 is 7.80 Å². The van der Waals surface area contributed by atoms with E-state index in [-0.39, 0.29) is 11.8 Å². The summed E-state index contributed by atoms with van der Waals surface area (Å²) in [6.07, 6.45) is 7.44. The van der Waals surface area contributed by atoms with E-state index in [9.17, 15) is 9.67 Å². The monoisotopic (exact) mass is 201 g/mol. The molecule has 0 radical (unpaired) electrons. The van der Waals surface area contributed by atoms with Crippen molar-refractivity contribution in [2.75, 3.05) is 0 Å². The third-order valence-electron chi connectivity index (χ3n) is 3.46. The summed E-state index contributed by atoms with van der Waals surface area (Å²) >= 11 is 0. The Balaban J connectivity index is 1.95. The summed E-state index contributed by atoms with van der Waals surface area (Å²) in [6.45, 7) is 0. The molecule has 3 heteroatoms. The van der Waals surface area contributed by atoms with Gasteiger partial charge in [-0.25, -0.2) is 0 Å². The van der Waals surface area contributed by atoms with Gasteiger partial charge in [-0.15, -0.1) is 0 Å². The third kappa shape index (κ3) is 1.94. The molecule has 74 valence electrons. The van der Waals surface area contributed by atoms with Crippen LogP contribution in [-0.2, 0) is 4.57 Å². The average Bonchev–Trinajstić information content (AvgIpc) is 2.72. The molecule has 1 N–H and O–H groups in total. The van der Waals surface area contributed by atoms with E-state index in [1.807, 2.05) is 0 Å². The van der Waals surface area contributed by atoms with Crippen LogP contribution < -0.4 is 0 Å². The van der Waals surface area contributed by atoms with Gasteiger partial charge in [0.1, 0.15) is 6.10 Å². The van der Waals surface area contributed by atoms with Crippen LogP contribution in [0, 0.1) is 0 Å². The van der Waals surface area contributed by atoms with Crippen molar-refractivity contribution in [3.8, 4) is 0 Å². The van der Waals surface area contributed by atoms with E-state index in [1.165, 1.54) is 12.8 Å². The number of rotatable bonds is 2. The topological polar surface area (TPSA) is 37.3 Å². The maximum absolute atomic E-state index is 12.0. The lowest BCUT2D eigenvalue weighted by Gasteiger charge is -2.06. The predicted molar refractivity (Wildman–Crippen MR) is 53.5 cm³/mol. The third-order valence-corrected chi connectivity index (χ3v) is 5.95. The number of hydrogen-bond acceptors (Lipinski definition) is 2. The van der Waals surface area contributed by atoms with E-state index in [2.05, 4.69) is 0 Å². The van der Waals surface area contributed by atoms with E-state index in [0.29, 0.717) is 5.66 Å². The summed E-state index contributed by atoms with van der Waals surface area (Å²) in [7, 11) is -1.12. The fourth-order valence-electron chi connectivity index (χ4n) is 2.65. The van der Waals surface area contributed by atoms with Crippen LogP contribution in [0.15, 0.2) is 0 Å². The van der Waals surface area contributed by atoms with Crippen LogP contribution in [0.5, 0.6) is 0 Å². The summed E-state index contributed by atoms with van der Waals surface area (Å²) in [6, 6.07) is 0. The second-order valence-corrected chi connectivity index (χ2v) is 6.48. The summed E-state index contributed by atoms with van der Waals surface area (Å²) < 4.78 is 12.0. The Morgan fingerprint density at radius 3 is 2.23 bits per heavy atom. The SMILES string of the molecule is O=[P+](C1CCCC1)C1CCCC1O. The molecule has 0 heterocycles. The Kier molecular flexibility index (Phi) is 3.00. The zero-order chi connectivity index (χ0) is 9.26. The largest absolute Gasteiger partial charge is 0.388 e. The lowest BCUT2D eigenvalue weighted by atomic mass is 10.3. The highest BCUT2D eigenvalue weighted by Crippen LogP contribution is 2.48. The van der Waals surface area contributed by atoms with Gasteiger partial charge in [-0.05, 0) is 44.9 Å². The van der Waals surface area contributed by atoms with Gasteiger partial charge in [0.2, 0.25) is 0 Å². The number of aliphatic hydroxyl groups excluding tert-OH is 1. The summed E-state index contributed by atoms with van der Waals surface area (Å²) in [4.78, 5) is 0. The molecule has 0 spiro atoms. The van der Waals surface area contributed by atoms with Crippen molar-refractivity contribution in [3.63, 3.8) is 0 Å². The van der Waals surface area contributed by atoms with Gasteiger partial charge in [-0.3, -0.25) is 0 Å². The van der Waals surface area contributed by atoms with Crippen LogP contribution in [-0.4, -0.2) is 22.5 Å². The molecule has 2 fully saturated rings. The first-order chi connectivity index (χ1) is 6.29. The molecule has 0 bridgehead atoms. The van der Waals surface area contributed by atoms with Crippen LogP contribution in [0.1, 0.15) is 44.9 Å². The van der Waals surface area contributed by atoms with E-state index in [0.717, 1.165) is 32.1 Å². The van der Waals surface area contributed by atoms with E-state index < -0.39 is 7.80 Å². The minimum absolute atomic E-state index is 0.137. The van der Waals surface area contributed by atoms with Crippen LogP contribution in [0.25, 0.3) is 0 Å². The van der Waals surface area contributed by atoms with Crippen LogP contribution in [0.3, 0.4) is 0 Å². The smallest absolute Gasteiger partial charge is 0.347 e. The molecule has 0 aliphatic heterocycles. The molecule has 0 saturated heterocycles. The van der Waals surface area contributed by atoms with Gasteiger partial charge < -0.3 is 5.11 Å². The van der Waals surface area contributed by atoms with E-state index in [1.54, 1.807) is 0 Å². The lowest BCUT2D eigenvalue weighted by molar-refractivity contribution is 0.185.